The Kier molecular flexibility index (Phi) is 6.54. The van der Waals surface area contributed by atoms with Gasteiger partial charge in [-0.3, -0.25) is 0 Å². The lowest BCUT2D eigenvalue weighted by Gasteiger charge is -2.41. The average molecular weight is 535 g/mol. The van der Waals surface area contributed by atoms with Gasteiger partial charge in [0.25, 0.3) is 0 Å². The molecule has 2 aromatic carbocycles. The van der Waals surface area contributed by atoms with E-state index >= 15 is 0 Å². The molecule has 0 heterocycles. The minimum Gasteiger partial charge on any atom is -0.0579 e. The molecule has 0 spiro atoms. The SMILES string of the molecule is CC1(c2ccc(-c3ccc(C4(C)C5CCCCC5C5CCCCC54)cc3)cc2)C2CCCCC2C2CCCCC21. The summed E-state index contributed by atoms with van der Waals surface area (Å²) in [7, 11) is 0. The van der Waals surface area contributed by atoms with E-state index in [1.165, 1.54) is 114 Å². The van der Waals surface area contributed by atoms with Gasteiger partial charge in [0.1, 0.15) is 0 Å². The molecule has 6 saturated carbocycles. The van der Waals surface area contributed by atoms with E-state index in [1.807, 2.05) is 0 Å². The van der Waals surface area contributed by atoms with Crippen LogP contribution in [0.15, 0.2) is 48.5 Å². The highest BCUT2D eigenvalue weighted by Gasteiger charge is 2.59. The molecular weight excluding hydrogens is 480 g/mol. The molecule has 0 aliphatic heterocycles. The predicted molar refractivity (Wildman–Crippen MR) is 168 cm³/mol. The molecule has 6 aliphatic rings. The molecule has 6 aliphatic carbocycles. The topological polar surface area (TPSA) is 0 Å². The molecule has 0 saturated heterocycles. The zero-order chi connectivity index (χ0) is 26.9. The molecule has 6 fully saturated rings. The van der Waals surface area contributed by atoms with Gasteiger partial charge in [0.05, 0.1) is 0 Å². The van der Waals surface area contributed by atoms with E-state index in [0.29, 0.717) is 10.8 Å². The minimum absolute atomic E-state index is 0.392. The van der Waals surface area contributed by atoms with E-state index in [0.717, 1.165) is 47.3 Å². The Labute approximate surface area is 245 Å². The lowest BCUT2D eigenvalue weighted by molar-refractivity contribution is 0.184. The van der Waals surface area contributed by atoms with Gasteiger partial charge < -0.3 is 0 Å². The number of benzene rings is 2. The second-order valence-corrected chi connectivity index (χ2v) is 15.9. The Morgan fingerprint density at radius 3 is 0.900 bits per heavy atom. The van der Waals surface area contributed by atoms with Gasteiger partial charge in [-0.05, 0) is 132 Å². The van der Waals surface area contributed by atoms with Gasteiger partial charge in [-0.15, -0.1) is 0 Å². The molecule has 0 N–H and O–H groups in total. The molecule has 8 unspecified atom stereocenters. The number of hydrogen-bond acceptors (Lipinski definition) is 0. The third kappa shape index (κ3) is 3.75. The van der Waals surface area contributed by atoms with Gasteiger partial charge in [-0.25, -0.2) is 0 Å². The van der Waals surface area contributed by atoms with E-state index in [2.05, 4.69) is 62.4 Å². The Hall–Kier alpha value is -1.56. The van der Waals surface area contributed by atoms with Crippen molar-refractivity contribution in [2.45, 2.75) is 127 Å². The van der Waals surface area contributed by atoms with Crippen LogP contribution < -0.4 is 0 Å². The fourth-order valence-electron chi connectivity index (χ4n) is 13.1. The van der Waals surface area contributed by atoms with Gasteiger partial charge >= 0.3 is 0 Å². The first-order chi connectivity index (χ1) is 19.6. The molecule has 40 heavy (non-hydrogen) atoms. The van der Waals surface area contributed by atoms with Crippen molar-refractivity contribution in [2.75, 3.05) is 0 Å². The Morgan fingerprint density at radius 2 is 0.625 bits per heavy atom. The summed E-state index contributed by atoms with van der Waals surface area (Å²) in [4.78, 5) is 0. The fraction of sp³-hybridized carbons (Fsp3) is 0.700. The van der Waals surface area contributed by atoms with Gasteiger partial charge in [0, 0.05) is 0 Å². The zero-order valence-corrected chi connectivity index (χ0v) is 25.6. The summed E-state index contributed by atoms with van der Waals surface area (Å²) in [6.45, 7) is 5.38. The van der Waals surface area contributed by atoms with Crippen LogP contribution >= 0.6 is 0 Å². The van der Waals surface area contributed by atoms with E-state index in [9.17, 15) is 0 Å². The van der Waals surface area contributed by atoms with Gasteiger partial charge in [-0.2, -0.15) is 0 Å². The average Bonchev–Trinajstić information content (AvgIpc) is 3.45. The van der Waals surface area contributed by atoms with Crippen LogP contribution in [0.1, 0.15) is 128 Å². The maximum atomic E-state index is 2.69. The van der Waals surface area contributed by atoms with Crippen LogP contribution in [0.25, 0.3) is 11.1 Å². The van der Waals surface area contributed by atoms with Crippen molar-refractivity contribution in [3.05, 3.63) is 59.7 Å². The van der Waals surface area contributed by atoms with Crippen molar-refractivity contribution in [1.29, 1.82) is 0 Å². The summed E-state index contributed by atoms with van der Waals surface area (Å²) in [5, 5.41) is 0. The molecule has 0 bridgehead atoms. The summed E-state index contributed by atoms with van der Waals surface area (Å²) < 4.78 is 0. The van der Waals surface area contributed by atoms with Crippen LogP contribution in [-0.4, -0.2) is 0 Å². The van der Waals surface area contributed by atoms with Crippen molar-refractivity contribution in [1.82, 2.24) is 0 Å². The van der Waals surface area contributed by atoms with E-state index in [-0.39, 0.29) is 0 Å². The molecule has 0 aromatic heterocycles. The fourth-order valence-corrected chi connectivity index (χ4v) is 13.1. The minimum atomic E-state index is 0.392. The highest BCUT2D eigenvalue weighted by molar-refractivity contribution is 5.64. The van der Waals surface area contributed by atoms with Gasteiger partial charge in [-0.1, -0.05) is 114 Å². The molecule has 8 rings (SSSR count). The first-order valence-corrected chi connectivity index (χ1v) is 17.8. The first-order valence-electron chi connectivity index (χ1n) is 17.8. The van der Waals surface area contributed by atoms with Crippen molar-refractivity contribution in [2.24, 2.45) is 47.3 Å². The molecule has 8 atom stereocenters. The van der Waals surface area contributed by atoms with Crippen LogP contribution in [0.5, 0.6) is 0 Å². The van der Waals surface area contributed by atoms with Crippen LogP contribution in [0.3, 0.4) is 0 Å². The van der Waals surface area contributed by atoms with Crippen molar-refractivity contribution in [3.63, 3.8) is 0 Å². The van der Waals surface area contributed by atoms with Crippen molar-refractivity contribution >= 4 is 0 Å². The molecule has 0 nitrogen and oxygen atoms in total. The highest BCUT2D eigenvalue weighted by Crippen LogP contribution is 2.65. The highest BCUT2D eigenvalue weighted by atomic mass is 14.6. The Morgan fingerprint density at radius 1 is 0.375 bits per heavy atom. The van der Waals surface area contributed by atoms with Gasteiger partial charge in [0.2, 0.25) is 0 Å². The maximum absolute atomic E-state index is 2.69. The number of hydrogen-bond donors (Lipinski definition) is 0. The summed E-state index contributed by atoms with van der Waals surface area (Å²) >= 11 is 0. The molecular formula is C40H54. The largest absolute Gasteiger partial charge is 0.0579 e. The summed E-state index contributed by atoms with van der Waals surface area (Å²) in [5.41, 5.74) is 6.93. The van der Waals surface area contributed by atoms with E-state index in [4.69, 9.17) is 0 Å². The Balaban J connectivity index is 1.07. The smallest absolute Gasteiger partial charge is 0.00133 e. The zero-order valence-electron chi connectivity index (χ0n) is 25.6. The first kappa shape index (κ1) is 26.1. The van der Waals surface area contributed by atoms with Crippen LogP contribution in [-0.2, 0) is 10.8 Å². The Bertz CT molecular complexity index is 1050. The molecule has 214 valence electrons. The molecule has 0 heteroatoms. The summed E-state index contributed by atoms with van der Waals surface area (Å²) in [6.07, 6.45) is 23.7. The normalized spacial score (nSPS) is 44.4. The molecule has 0 amide bonds. The maximum Gasteiger partial charge on any atom is -0.00133 e. The lowest BCUT2D eigenvalue weighted by Crippen LogP contribution is -2.37. The monoisotopic (exact) mass is 534 g/mol. The van der Waals surface area contributed by atoms with E-state index in [1.54, 1.807) is 11.1 Å². The summed E-state index contributed by atoms with van der Waals surface area (Å²) in [6, 6.07) is 20.2. The lowest BCUT2D eigenvalue weighted by atomic mass is 9.63. The number of fused-ring (bicyclic) bond motifs is 6. The quantitative estimate of drug-likeness (QED) is 0.367. The summed E-state index contributed by atoms with van der Waals surface area (Å²) in [5.74, 6) is 7.67. The predicted octanol–water partition coefficient (Wildman–Crippen LogP) is 11.1. The standard InChI is InChI=1S/C40H54/c1-39(35-15-7-3-11-31(35)32-12-4-8-16-36(32)39)29-23-19-27(20-24-29)28-21-25-30(26-22-28)40(2)37-17-9-5-13-33(37)34-14-6-10-18-38(34)40/h19-26,31-38H,3-18H2,1-2H3. The third-order valence-corrected chi connectivity index (χ3v) is 14.8. The second-order valence-electron chi connectivity index (χ2n) is 15.9. The molecule has 2 aromatic rings. The molecule has 0 radical (unpaired) electrons. The van der Waals surface area contributed by atoms with Gasteiger partial charge in [0.15, 0.2) is 0 Å². The van der Waals surface area contributed by atoms with Crippen LogP contribution in [0, 0.1) is 47.3 Å². The van der Waals surface area contributed by atoms with Crippen molar-refractivity contribution < 1.29 is 0 Å². The van der Waals surface area contributed by atoms with Crippen LogP contribution in [0.2, 0.25) is 0 Å². The second kappa shape index (κ2) is 10.0. The third-order valence-electron chi connectivity index (χ3n) is 14.8. The van der Waals surface area contributed by atoms with Crippen molar-refractivity contribution in [3.8, 4) is 11.1 Å². The number of rotatable bonds is 3. The van der Waals surface area contributed by atoms with Crippen LogP contribution in [0.4, 0.5) is 0 Å². The van der Waals surface area contributed by atoms with E-state index < -0.39 is 0 Å².